The molecule has 0 aliphatic carbocycles. The maximum Gasteiger partial charge on any atom is 0.277 e. The van der Waals surface area contributed by atoms with Crippen LogP contribution in [0, 0.1) is 13.8 Å². The van der Waals surface area contributed by atoms with Crippen LogP contribution in [0.15, 0.2) is 44.5 Å². The summed E-state index contributed by atoms with van der Waals surface area (Å²) in [4.78, 5) is 11.8. The number of nitrogens with one attached hydrogen (secondary N) is 1. The fourth-order valence-electron chi connectivity index (χ4n) is 1.98. The Morgan fingerprint density at radius 3 is 2.64 bits per heavy atom. The van der Waals surface area contributed by atoms with Crippen molar-refractivity contribution < 1.29 is 13.9 Å². The number of amides is 1. The van der Waals surface area contributed by atoms with E-state index in [0.29, 0.717) is 17.2 Å². The first kappa shape index (κ1) is 16.3. The summed E-state index contributed by atoms with van der Waals surface area (Å²) >= 11 is 3.43. The second-order valence-electron chi connectivity index (χ2n) is 4.87. The van der Waals surface area contributed by atoms with Gasteiger partial charge in [0.15, 0.2) is 6.61 Å². The van der Waals surface area contributed by atoms with Gasteiger partial charge in [-0.25, -0.2) is 5.43 Å². The lowest BCUT2D eigenvalue weighted by Gasteiger charge is -2.12. The van der Waals surface area contributed by atoms with Crippen LogP contribution in [0.25, 0.3) is 0 Å². The standard InChI is InChI=1S/C16H17BrN2O3/c1-10-7-13(17)8-11(2)16(10)22-9-15(20)19-18-12(3)14-5-4-6-21-14/h4-8H,9H2,1-3H3,(H,19,20)/b18-12+. The molecule has 1 N–H and O–H groups in total. The molecule has 1 aromatic heterocycles. The zero-order chi connectivity index (χ0) is 16.1. The zero-order valence-electron chi connectivity index (χ0n) is 12.6. The number of hydrogen-bond acceptors (Lipinski definition) is 4. The van der Waals surface area contributed by atoms with E-state index in [-0.39, 0.29) is 12.5 Å². The third-order valence-electron chi connectivity index (χ3n) is 3.00. The number of hydrazone groups is 1. The summed E-state index contributed by atoms with van der Waals surface area (Å²) in [5.74, 6) is 0.999. The van der Waals surface area contributed by atoms with E-state index in [2.05, 4.69) is 26.5 Å². The molecular formula is C16H17BrN2O3. The molecule has 0 aliphatic heterocycles. The Balaban J connectivity index is 1.92. The summed E-state index contributed by atoms with van der Waals surface area (Å²) in [6, 6.07) is 7.42. The number of aryl methyl sites for hydroxylation is 2. The lowest BCUT2D eigenvalue weighted by Crippen LogP contribution is -2.25. The molecule has 6 heteroatoms. The van der Waals surface area contributed by atoms with Gasteiger partial charge in [-0.05, 0) is 56.2 Å². The Labute approximate surface area is 137 Å². The molecule has 1 aromatic carbocycles. The van der Waals surface area contributed by atoms with Crippen LogP contribution in [-0.2, 0) is 4.79 Å². The van der Waals surface area contributed by atoms with Crippen molar-refractivity contribution in [1.82, 2.24) is 5.43 Å². The van der Waals surface area contributed by atoms with Gasteiger partial charge in [-0.3, -0.25) is 4.79 Å². The van der Waals surface area contributed by atoms with Gasteiger partial charge in [0.1, 0.15) is 17.2 Å². The average molecular weight is 365 g/mol. The predicted octanol–water partition coefficient (Wildman–Crippen LogP) is 3.58. The van der Waals surface area contributed by atoms with Crippen molar-refractivity contribution in [3.05, 3.63) is 51.9 Å². The van der Waals surface area contributed by atoms with Crippen molar-refractivity contribution in [2.45, 2.75) is 20.8 Å². The smallest absolute Gasteiger partial charge is 0.277 e. The predicted molar refractivity (Wildman–Crippen MR) is 88.2 cm³/mol. The molecule has 0 bridgehead atoms. The maximum atomic E-state index is 11.8. The summed E-state index contributed by atoms with van der Waals surface area (Å²) in [7, 11) is 0. The molecule has 2 aromatic rings. The zero-order valence-corrected chi connectivity index (χ0v) is 14.2. The number of halogens is 1. The highest BCUT2D eigenvalue weighted by atomic mass is 79.9. The second kappa shape index (κ2) is 7.26. The van der Waals surface area contributed by atoms with Crippen molar-refractivity contribution in [2.75, 3.05) is 6.61 Å². The number of hydrogen-bond donors (Lipinski definition) is 1. The minimum atomic E-state index is -0.326. The molecule has 0 spiro atoms. The van der Waals surface area contributed by atoms with Gasteiger partial charge in [0, 0.05) is 4.47 Å². The maximum absolute atomic E-state index is 11.8. The summed E-state index contributed by atoms with van der Waals surface area (Å²) < 4.78 is 11.7. The molecule has 0 saturated heterocycles. The molecule has 0 fully saturated rings. The van der Waals surface area contributed by atoms with Crippen LogP contribution in [-0.4, -0.2) is 18.2 Å². The molecule has 1 heterocycles. The van der Waals surface area contributed by atoms with Crippen LogP contribution in [0.3, 0.4) is 0 Å². The number of rotatable bonds is 5. The van der Waals surface area contributed by atoms with E-state index in [9.17, 15) is 4.79 Å². The number of carbonyl (C=O) groups excluding carboxylic acids is 1. The second-order valence-corrected chi connectivity index (χ2v) is 5.78. The van der Waals surface area contributed by atoms with Gasteiger partial charge in [-0.2, -0.15) is 5.10 Å². The van der Waals surface area contributed by atoms with Crippen LogP contribution in [0.2, 0.25) is 0 Å². The molecule has 5 nitrogen and oxygen atoms in total. The fraction of sp³-hybridized carbons (Fsp3) is 0.250. The summed E-state index contributed by atoms with van der Waals surface area (Å²) in [5, 5.41) is 3.97. The van der Waals surface area contributed by atoms with Gasteiger partial charge in [0.2, 0.25) is 0 Å². The number of benzene rings is 1. The van der Waals surface area contributed by atoms with E-state index in [1.807, 2.05) is 26.0 Å². The van der Waals surface area contributed by atoms with Crippen molar-refractivity contribution in [3.63, 3.8) is 0 Å². The molecule has 1 amide bonds. The minimum Gasteiger partial charge on any atom is -0.483 e. The first-order chi connectivity index (χ1) is 10.5. The quantitative estimate of drug-likeness (QED) is 0.651. The van der Waals surface area contributed by atoms with Gasteiger partial charge >= 0.3 is 0 Å². The van der Waals surface area contributed by atoms with Crippen molar-refractivity contribution >= 4 is 27.5 Å². The molecule has 0 radical (unpaired) electrons. The minimum absolute atomic E-state index is 0.0990. The molecule has 22 heavy (non-hydrogen) atoms. The van der Waals surface area contributed by atoms with E-state index < -0.39 is 0 Å². The van der Waals surface area contributed by atoms with Gasteiger partial charge in [-0.15, -0.1) is 0 Å². The van der Waals surface area contributed by atoms with Gasteiger partial charge in [-0.1, -0.05) is 15.9 Å². The Kier molecular flexibility index (Phi) is 5.38. The number of furan rings is 1. The number of carbonyl (C=O) groups is 1. The lowest BCUT2D eigenvalue weighted by atomic mass is 10.1. The Bertz CT molecular complexity index is 670. The third kappa shape index (κ3) is 4.21. The van der Waals surface area contributed by atoms with E-state index in [1.54, 1.807) is 25.3 Å². The van der Waals surface area contributed by atoms with Crippen LogP contribution in [0.4, 0.5) is 0 Å². The highest BCUT2D eigenvalue weighted by Crippen LogP contribution is 2.27. The van der Waals surface area contributed by atoms with Gasteiger partial charge in [0.05, 0.1) is 6.26 Å². The Hall–Kier alpha value is -2.08. The number of nitrogens with zero attached hydrogens (tertiary/aromatic N) is 1. The third-order valence-corrected chi connectivity index (χ3v) is 3.46. The van der Waals surface area contributed by atoms with Crippen LogP contribution < -0.4 is 10.2 Å². The molecule has 0 aliphatic rings. The van der Waals surface area contributed by atoms with E-state index >= 15 is 0 Å². The van der Waals surface area contributed by atoms with Crippen LogP contribution >= 0.6 is 15.9 Å². The first-order valence-electron chi connectivity index (χ1n) is 6.74. The lowest BCUT2D eigenvalue weighted by molar-refractivity contribution is -0.123. The fourth-order valence-corrected chi connectivity index (χ4v) is 2.67. The first-order valence-corrected chi connectivity index (χ1v) is 7.53. The molecule has 0 unspecified atom stereocenters. The van der Waals surface area contributed by atoms with Gasteiger partial charge in [0.25, 0.3) is 5.91 Å². The van der Waals surface area contributed by atoms with Crippen molar-refractivity contribution in [3.8, 4) is 5.75 Å². The molecular weight excluding hydrogens is 348 g/mol. The van der Waals surface area contributed by atoms with Crippen molar-refractivity contribution in [1.29, 1.82) is 0 Å². The number of ether oxygens (including phenoxy) is 1. The molecule has 0 saturated carbocycles. The highest BCUT2D eigenvalue weighted by molar-refractivity contribution is 9.10. The summed E-state index contributed by atoms with van der Waals surface area (Å²) in [6.07, 6.45) is 1.55. The Morgan fingerprint density at radius 1 is 1.36 bits per heavy atom. The van der Waals surface area contributed by atoms with E-state index in [4.69, 9.17) is 9.15 Å². The van der Waals surface area contributed by atoms with Crippen molar-refractivity contribution in [2.24, 2.45) is 5.10 Å². The molecule has 0 atom stereocenters. The normalized spacial score (nSPS) is 11.4. The summed E-state index contributed by atoms with van der Waals surface area (Å²) in [6.45, 7) is 5.52. The van der Waals surface area contributed by atoms with Gasteiger partial charge < -0.3 is 9.15 Å². The van der Waals surface area contributed by atoms with E-state index in [0.717, 1.165) is 15.6 Å². The highest BCUT2D eigenvalue weighted by Gasteiger charge is 2.09. The monoisotopic (exact) mass is 364 g/mol. The summed E-state index contributed by atoms with van der Waals surface area (Å²) in [5.41, 5.74) is 4.97. The van der Waals surface area contributed by atoms with Crippen LogP contribution in [0.5, 0.6) is 5.75 Å². The molecule has 2 rings (SSSR count). The Morgan fingerprint density at radius 2 is 2.05 bits per heavy atom. The average Bonchev–Trinajstić information content (AvgIpc) is 2.97. The SMILES string of the molecule is C/C(=N\NC(=O)COc1c(C)cc(Br)cc1C)c1ccco1. The largest absolute Gasteiger partial charge is 0.483 e. The van der Waals surface area contributed by atoms with E-state index in [1.165, 1.54) is 0 Å². The topological polar surface area (TPSA) is 63.8 Å². The molecule has 116 valence electrons. The van der Waals surface area contributed by atoms with Crippen LogP contribution in [0.1, 0.15) is 23.8 Å².